The van der Waals surface area contributed by atoms with Crippen molar-refractivity contribution in [3.05, 3.63) is 490 Å². The fraction of sp³-hybridized carbons (Fsp3) is 0.00833. The molecule has 21 heteroatoms. The number of nitrogens with one attached hydrogen (secondary N) is 1. The fourth-order valence-corrected chi connectivity index (χ4v) is 23.2. The number of anilines is 2. The Kier molecular flexibility index (Phi) is 29.2. The lowest BCUT2D eigenvalue weighted by atomic mass is 9.99. The van der Waals surface area contributed by atoms with Crippen LogP contribution in [0.4, 0.5) is 11.4 Å². The van der Waals surface area contributed by atoms with Crippen LogP contribution in [0.1, 0.15) is 10.4 Å². The van der Waals surface area contributed by atoms with Gasteiger partial charge in [-0.25, -0.2) is 19.9 Å². The van der Waals surface area contributed by atoms with Crippen LogP contribution in [0, 0.1) is 0 Å². The molecule has 0 atom stereocenters. The maximum atomic E-state index is 14.9. The zero-order valence-corrected chi connectivity index (χ0v) is 85.3. The van der Waals surface area contributed by atoms with Crippen LogP contribution in [0.5, 0.6) is 0 Å². The number of fused-ring (bicyclic) bond motifs is 25. The number of hydrogen-bond acceptors (Lipinski definition) is 9. The molecule has 0 amide bonds. The third kappa shape index (κ3) is 19.7. The minimum atomic E-state index is -3.07. The largest absolute Gasteiger partial charge is 0.415 e. The number of pyridine rings is 3. The van der Waals surface area contributed by atoms with Crippen LogP contribution in [0.3, 0.4) is 0 Å². The first kappa shape index (κ1) is 95.1. The molecule has 0 aliphatic carbocycles. The Morgan fingerprint density at radius 1 is 0.298 bits per heavy atom. The number of aromatic nitrogens is 8. The summed E-state index contributed by atoms with van der Waals surface area (Å²) in [6, 6.07) is 153. The van der Waals surface area contributed by atoms with Crippen molar-refractivity contribution in [2.75, 3.05) is 17.3 Å². The maximum absolute atomic E-state index is 14.9. The summed E-state index contributed by atoms with van der Waals surface area (Å²) in [5.74, 6) is 2.67. The minimum absolute atomic E-state index is 0.615. The highest BCUT2D eigenvalue weighted by atomic mass is 79.9. The van der Waals surface area contributed by atoms with Gasteiger partial charge in [0.25, 0.3) is 0 Å². The number of nitrogens with zero attached hydrogens (tertiary/aromatic N) is 7. The number of carbonyl (C=O) groups excluding carboxylic acids is 1. The van der Waals surface area contributed by atoms with Crippen LogP contribution in [-0.4, -0.2) is 50.2 Å². The summed E-state index contributed by atoms with van der Waals surface area (Å²) in [6.07, 6.45) is 0.846. The normalized spacial score (nSPS) is 11.1. The highest BCUT2D eigenvalue weighted by Gasteiger charge is 2.31. The van der Waals surface area contributed by atoms with Crippen molar-refractivity contribution in [2.45, 2.75) is 0 Å². The summed E-state index contributed by atoms with van der Waals surface area (Å²) in [6.45, 7) is 0. The Morgan fingerprint density at radius 2 is 0.631 bits per heavy atom. The molecule has 26 aromatic rings. The molecule has 0 radical (unpaired) electrons. The summed E-state index contributed by atoms with van der Waals surface area (Å²) >= 11 is 25.7. The molecule has 0 unspecified atom stereocenters. The summed E-state index contributed by atoms with van der Waals surface area (Å²) in [4.78, 5) is 33.8. The number of carbonyl (C=O) groups is 1. The summed E-state index contributed by atoms with van der Waals surface area (Å²) < 4.78 is 36.7. The van der Waals surface area contributed by atoms with Crippen molar-refractivity contribution in [3.8, 4) is 33.6 Å². The highest BCUT2D eigenvalue weighted by Crippen LogP contribution is 2.45. The van der Waals surface area contributed by atoms with E-state index in [4.69, 9.17) is 54.6 Å². The summed E-state index contributed by atoms with van der Waals surface area (Å²) in [7, 11) is -4.49. The Hall–Kier alpha value is -14.8. The quantitative estimate of drug-likeness (QED) is 0.0416. The average Bonchev–Trinajstić information content (AvgIpc) is 1.60. The van der Waals surface area contributed by atoms with Gasteiger partial charge in [-0.2, -0.15) is 0 Å². The van der Waals surface area contributed by atoms with E-state index in [9.17, 15) is 13.9 Å². The smallest absolute Gasteiger partial charge is 0.397 e. The lowest BCUT2D eigenvalue weighted by Gasteiger charge is -2.20. The number of para-hydroxylation sites is 5. The first-order chi connectivity index (χ1) is 69.1. The van der Waals surface area contributed by atoms with E-state index in [0.717, 1.165) is 157 Å². The maximum Gasteiger partial charge on any atom is 0.415 e. The average molecular weight is 2170 g/mol. The van der Waals surface area contributed by atoms with E-state index in [0.29, 0.717) is 22.0 Å². The third-order valence-corrected chi connectivity index (χ3v) is 31.0. The zero-order chi connectivity index (χ0) is 97.0. The Labute approximate surface area is 857 Å². The number of nitrogens with two attached hydrogens (primary N) is 2. The number of benzene rings is 19. The van der Waals surface area contributed by atoms with Crippen LogP contribution >= 0.6 is 102 Å². The zero-order valence-electron chi connectivity index (χ0n) is 75.6. The van der Waals surface area contributed by atoms with E-state index < -0.39 is 14.9 Å². The van der Waals surface area contributed by atoms with Crippen molar-refractivity contribution in [1.82, 2.24) is 38.1 Å². The molecular weight excluding hydrogens is 2080 g/mol. The fourth-order valence-electron chi connectivity index (χ4n) is 17.8. The number of halogens is 6. The van der Waals surface area contributed by atoms with E-state index in [1.165, 1.54) is 54.1 Å². The topological polar surface area (TPSA) is 184 Å². The van der Waals surface area contributed by atoms with Crippen molar-refractivity contribution in [1.29, 1.82) is 0 Å². The van der Waals surface area contributed by atoms with Gasteiger partial charge in [-0.05, 0) is 173 Å². The predicted molar refractivity (Wildman–Crippen MR) is 610 cm³/mol. The third-order valence-electron chi connectivity index (χ3n) is 24.3. The molecule has 0 aliphatic rings. The predicted octanol–water partition coefficient (Wildman–Crippen LogP) is 32.0. The van der Waals surface area contributed by atoms with Gasteiger partial charge in [0.05, 0.1) is 72.1 Å². The molecule has 0 aliphatic heterocycles. The Morgan fingerprint density at radius 3 is 1.06 bits per heavy atom. The van der Waals surface area contributed by atoms with Gasteiger partial charge in [-0.15, -0.1) is 0 Å². The van der Waals surface area contributed by atoms with Crippen LogP contribution in [0.15, 0.2) is 474 Å². The lowest BCUT2D eigenvalue weighted by molar-refractivity contribution is 0.112. The molecule has 7 aromatic heterocycles. The van der Waals surface area contributed by atoms with Gasteiger partial charge >= 0.3 is 7.80 Å². The van der Waals surface area contributed by atoms with Crippen LogP contribution < -0.4 is 38.0 Å². The SMILES string of the molecule is Brc1ccc2c(c1)nc1c3ccccc3c3ccccc3n21.Brc1ccc2c(c1)nc1c3ccccc3c3ccccc3n21.CBr.Clc1ccccc1-c1ccccc1-c1nc2ccccc2[nH]1.Nc1ccc(Br)cc1N.O=Cc1ccccc1-c1ccccc1Cl.O=P(c1ccccc1)(c1ccccc1)c1ccc2c(c1)nc1c3ccccc3c3ccccc3n21.O=[P+](c1ccccc1)c1ccccc1. The molecule has 19 aromatic carbocycles. The number of rotatable bonds is 9. The van der Waals surface area contributed by atoms with Crippen LogP contribution in [0.25, 0.3) is 160 Å². The van der Waals surface area contributed by atoms with Gasteiger partial charge in [0.15, 0.2) is 24.0 Å². The molecule has 141 heavy (non-hydrogen) atoms. The highest BCUT2D eigenvalue weighted by molar-refractivity contribution is 9.11. The van der Waals surface area contributed by atoms with Gasteiger partial charge in [-0.3, -0.25) is 18.0 Å². The number of imidazole rings is 4. The number of hydrogen-bond donors (Lipinski definition) is 3. The van der Waals surface area contributed by atoms with Gasteiger partial charge in [0.1, 0.15) is 22.8 Å². The second-order valence-corrected chi connectivity index (χ2v) is 40.7. The number of nitrogen functional groups attached to an aromatic ring is 2. The van der Waals surface area contributed by atoms with Crippen LogP contribution in [0.2, 0.25) is 10.0 Å². The molecule has 0 spiro atoms. The van der Waals surface area contributed by atoms with Gasteiger partial charge < -0.3 is 21.0 Å². The molecule has 0 saturated heterocycles. The van der Waals surface area contributed by atoms with Crippen molar-refractivity contribution in [2.24, 2.45) is 0 Å². The summed E-state index contributed by atoms with van der Waals surface area (Å²) in [5, 5.41) is 16.5. The van der Waals surface area contributed by atoms with Crippen molar-refractivity contribution in [3.63, 3.8) is 0 Å². The molecule has 7 heterocycles. The summed E-state index contributed by atoms with van der Waals surface area (Å²) in [5.41, 5.74) is 32.3. The van der Waals surface area contributed by atoms with E-state index in [1.54, 1.807) is 18.2 Å². The molecule has 0 saturated carbocycles. The van der Waals surface area contributed by atoms with Gasteiger partial charge in [0.2, 0.25) is 0 Å². The van der Waals surface area contributed by atoms with Crippen LogP contribution in [-0.2, 0) is 9.13 Å². The van der Waals surface area contributed by atoms with E-state index in [-0.39, 0.29) is 0 Å². The molecule has 5 N–H and O–H groups in total. The second-order valence-electron chi connectivity index (χ2n) is 32.8. The number of aldehydes is 1. The molecular formula is C120H85Br4Cl2N10O3P2+. The molecule has 26 rings (SSSR count). The lowest BCUT2D eigenvalue weighted by Crippen LogP contribution is -2.24. The Bertz CT molecular complexity index is 8890. The monoisotopic (exact) mass is 2160 g/mol. The van der Waals surface area contributed by atoms with Gasteiger partial charge in [-0.1, -0.05) is 413 Å². The van der Waals surface area contributed by atoms with E-state index in [1.807, 2.05) is 248 Å². The van der Waals surface area contributed by atoms with Gasteiger partial charge in [0, 0.05) is 93.9 Å². The number of aromatic amines is 1. The Balaban J connectivity index is 0.000000108. The second kappa shape index (κ2) is 43.3. The molecule has 0 bridgehead atoms. The molecule has 0 fully saturated rings. The minimum Gasteiger partial charge on any atom is -0.397 e. The van der Waals surface area contributed by atoms with E-state index in [2.05, 4.69) is 282 Å². The van der Waals surface area contributed by atoms with E-state index >= 15 is 0 Å². The van der Waals surface area contributed by atoms with Crippen molar-refractivity contribution >= 4 is 272 Å². The number of H-pyrrole nitrogens is 1. The molecule has 684 valence electrons. The van der Waals surface area contributed by atoms with Crippen molar-refractivity contribution < 1.29 is 13.9 Å². The first-order valence-electron chi connectivity index (χ1n) is 45.2. The molecule has 13 nitrogen and oxygen atoms in total. The standard InChI is InChI=1S/C31H21N2OP.2C19H11BrN2.C19H13ClN2.C13H9ClO.C12H10OP.C6H7BrN2.CH3Br/c34-35(22-11-3-1-4-12-22,23-13-5-2-6-14-23)24-19-20-30-28(21-24)32-31-27-17-8-7-15-25(27)26-16-9-10-18-29(26)33(30)31;2*20-12-9-10-18-16(11-12)21-19-15-7-2-1-5-13(15)14-6-3-4-8-17(14)22(18)19;20-16-10-4-3-8-14(16)13-7-1-2-9-15(13)19-21-17-11-5-6-12-18(17)22-19;14-13-8-4-3-7-12(13)11-6-2-1-5-10(11)9-15;13-14(11-7-3-1-4-8-11)12-9-5-2-6-10-12;7-4-1-2-5(8)6(9)3-4;1-2/h1-21H;2*1-11H;1-12H,(H,21,22);1-9H;1-10H;1-3H,8-9H2;1H3/q;;;;;+1;;. The first-order valence-corrected chi connectivity index (χ1v) is 52.8. The number of alkyl halides is 1.